The highest BCUT2D eigenvalue weighted by atomic mass is 35.5. The third-order valence-electron chi connectivity index (χ3n) is 4.32. The highest BCUT2D eigenvalue weighted by Gasteiger charge is 2.31. The first-order chi connectivity index (χ1) is 11.4. The molecule has 3 N–H and O–H groups in total. The number of amides is 1. The van der Waals surface area contributed by atoms with Crippen LogP contribution in [0.25, 0.3) is 0 Å². The fourth-order valence-corrected chi connectivity index (χ4v) is 3.02. The summed E-state index contributed by atoms with van der Waals surface area (Å²) in [5, 5.41) is 2.91. The van der Waals surface area contributed by atoms with Gasteiger partial charge in [-0.25, -0.2) is 0 Å². The zero-order valence-electron chi connectivity index (χ0n) is 13.8. The van der Waals surface area contributed by atoms with Crippen molar-refractivity contribution in [2.75, 3.05) is 13.2 Å². The van der Waals surface area contributed by atoms with Gasteiger partial charge in [0.2, 0.25) is 5.91 Å². The first kappa shape index (κ1) is 21.7. The van der Waals surface area contributed by atoms with Crippen LogP contribution >= 0.6 is 12.4 Å². The Balaban J connectivity index is 0.00000312. The molecule has 1 aromatic rings. The number of hydrogen-bond acceptors (Lipinski definition) is 3. The average molecular weight is 381 g/mol. The van der Waals surface area contributed by atoms with Crippen LogP contribution < -0.4 is 11.1 Å². The van der Waals surface area contributed by atoms with Gasteiger partial charge >= 0.3 is 6.18 Å². The summed E-state index contributed by atoms with van der Waals surface area (Å²) in [6, 6.07) is 6.97. The molecular weight excluding hydrogens is 357 g/mol. The molecule has 0 saturated heterocycles. The Morgan fingerprint density at radius 1 is 1.20 bits per heavy atom. The van der Waals surface area contributed by atoms with Crippen LogP contribution in [-0.4, -0.2) is 25.2 Å². The minimum atomic E-state index is -4.31. The first-order valence-electron chi connectivity index (χ1n) is 8.09. The van der Waals surface area contributed by atoms with Gasteiger partial charge in [0, 0.05) is 12.5 Å². The van der Waals surface area contributed by atoms with Crippen molar-refractivity contribution in [1.29, 1.82) is 0 Å². The van der Waals surface area contributed by atoms with Gasteiger partial charge in [-0.1, -0.05) is 30.7 Å². The highest BCUT2D eigenvalue weighted by molar-refractivity contribution is 5.85. The normalized spacial score (nSPS) is 20.2. The summed E-state index contributed by atoms with van der Waals surface area (Å²) in [5.41, 5.74) is 7.24. The second kappa shape index (κ2) is 9.99. The van der Waals surface area contributed by atoms with E-state index in [4.69, 9.17) is 5.73 Å². The molecule has 142 valence electrons. The molecule has 2 rings (SSSR count). The van der Waals surface area contributed by atoms with Gasteiger partial charge in [-0.2, -0.15) is 13.2 Å². The van der Waals surface area contributed by atoms with Crippen molar-refractivity contribution >= 4 is 18.3 Å². The molecule has 1 amide bonds. The van der Waals surface area contributed by atoms with Gasteiger partial charge in [0.15, 0.2) is 0 Å². The molecule has 1 aliphatic rings. The molecule has 2 atom stereocenters. The summed E-state index contributed by atoms with van der Waals surface area (Å²) in [7, 11) is 0. The Labute approximate surface area is 151 Å². The van der Waals surface area contributed by atoms with E-state index in [0.717, 1.165) is 24.8 Å². The van der Waals surface area contributed by atoms with Crippen LogP contribution in [0.15, 0.2) is 24.3 Å². The Bertz CT molecular complexity index is 538. The summed E-state index contributed by atoms with van der Waals surface area (Å²) in [6.07, 6.45) is -1.40. The molecule has 1 aromatic carbocycles. The molecule has 1 saturated carbocycles. The Morgan fingerprint density at radius 3 is 2.44 bits per heavy atom. The molecule has 0 aliphatic heterocycles. The topological polar surface area (TPSA) is 64.4 Å². The number of nitrogens with one attached hydrogen (secondary N) is 1. The number of ether oxygens (including phenoxy) is 1. The molecule has 25 heavy (non-hydrogen) atoms. The average Bonchev–Trinajstić information content (AvgIpc) is 3.01. The van der Waals surface area contributed by atoms with Crippen molar-refractivity contribution < 1.29 is 22.7 Å². The van der Waals surface area contributed by atoms with Crippen LogP contribution in [0.2, 0.25) is 0 Å². The van der Waals surface area contributed by atoms with E-state index < -0.39 is 12.8 Å². The molecule has 8 heteroatoms. The molecule has 4 nitrogen and oxygen atoms in total. The van der Waals surface area contributed by atoms with E-state index in [1.54, 1.807) is 24.3 Å². The summed E-state index contributed by atoms with van der Waals surface area (Å²) < 4.78 is 40.6. The Hall–Kier alpha value is -1.31. The predicted molar refractivity (Wildman–Crippen MR) is 91.1 cm³/mol. The standard InChI is InChI=1S/C17H23F3N2O2.ClH/c18-17(19,20)11-24-10-13-6-4-12(5-7-13)9-22-16(23)15-3-1-2-14(15)8-21;/h4-7,14-15H,1-3,8-11,21H2,(H,22,23);1H/t14-,15-;/m1./s1. The zero-order chi connectivity index (χ0) is 17.6. The van der Waals surface area contributed by atoms with Crippen molar-refractivity contribution in [3.8, 4) is 0 Å². The highest BCUT2D eigenvalue weighted by Crippen LogP contribution is 2.31. The number of rotatable bonds is 7. The largest absolute Gasteiger partial charge is 0.411 e. The van der Waals surface area contributed by atoms with Gasteiger partial charge in [0.25, 0.3) is 0 Å². The summed E-state index contributed by atoms with van der Waals surface area (Å²) in [4.78, 5) is 12.2. The minimum Gasteiger partial charge on any atom is -0.367 e. The fraction of sp³-hybridized carbons (Fsp3) is 0.588. The van der Waals surface area contributed by atoms with E-state index in [2.05, 4.69) is 10.1 Å². The number of benzene rings is 1. The van der Waals surface area contributed by atoms with E-state index >= 15 is 0 Å². The van der Waals surface area contributed by atoms with Crippen molar-refractivity contribution in [3.63, 3.8) is 0 Å². The quantitative estimate of drug-likeness (QED) is 0.763. The minimum absolute atomic E-state index is 0. The van der Waals surface area contributed by atoms with Crippen LogP contribution in [0.1, 0.15) is 30.4 Å². The SMILES string of the molecule is Cl.NC[C@H]1CCC[C@H]1C(=O)NCc1ccc(COCC(F)(F)F)cc1. The number of alkyl halides is 3. The van der Waals surface area contributed by atoms with Crippen molar-refractivity contribution in [3.05, 3.63) is 35.4 Å². The van der Waals surface area contributed by atoms with Gasteiger partial charge in [0.1, 0.15) is 6.61 Å². The van der Waals surface area contributed by atoms with Crippen LogP contribution in [0, 0.1) is 11.8 Å². The number of halogens is 4. The van der Waals surface area contributed by atoms with Crippen LogP contribution in [-0.2, 0) is 22.7 Å². The molecule has 0 unspecified atom stereocenters. The van der Waals surface area contributed by atoms with E-state index in [-0.39, 0.29) is 36.8 Å². The Morgan fingerprint density at radius 2 is 1.84 bits per heavy atom. The third-order valence-corrected chi connectivity index (χ3v) is 4.32. The second-order valence-electron chi connectivity index (χ2n) is 6.18. The lowest BCUT2D eigenvalue weighted by molar-refractivity contribution is -0.176. The van der Waals surface area contributed by atoms with Crippen molar-refractivity contribution in [2.45, 2.75) is 38.6 Å². The van der Waals surface area contributed by atoms with Crippen LogP contribution in [0.4, 0.5) is 13.2 Å². The number of carbonyl (C=O) groups is 1. The number of carbonyl (C=O) groups excluding carboxylic acids is 1. The molecule has 0 bridgehead atoms. The lowest BCUT2D eigenvalue weighted by Gasteiger charge is -2.17. The zero-order valence-corrected chi connectivity index (χ0v) is 14.7. The maximum absolute atomic E-state index is 12.2. The number of nitrogens with two attached hydrogens (primary N) is 1. The molecule has 1 fully saturated rings. The molecule has 1 aliphatic carbocycles. The van der Waals surface area contributed by atoms with E-state index in [9.17, 15) is 18.0 Å². The van der Waals surface area contributed by atoms with Crippen molar-refractivity contribution in [1.82, 2.24) is 5.32 Å². The third kappa shape index (κ3) is 7.22. The monoisotopic (exact) mass is 380 g/mol. The molecule has 0 radical (unpaired) electrons. The maximum Gasteiger partial charge on any atom is 0.411 e. The summed E-state index contributed by atoms with van der Waals surface area (Å²) in [5.74, 6) is 0.281. The summed E-state index contributed by atoms with van der Waals surface area (Å²) >= 11 is 0. The predicted octanol–water partition coefficient (Wildman–Crippen LogP) is 3.18. The molecular formula is C17H24ClF3N2O2. The maximum atomic E-state index is 12.2. The Kier molecular flexibility index (Phi) is 8.68. The van der Waals surface area contributed by atoms with Crippen LogP contribution in [0.3, 0.4) is 0 Å². The lowest BCUT2D eigenvalue weighted by Crippen LogP contribution is -2.34. The second-order valence-corrected chi connectivity index (χ2v) is 6.18. The molecule has 0 heterocycles. The fourth-order valence-electron chi connectivity index (χ4n) is 3.02. The van der Waals surface area contributed by atoms with E-state index in [1.165, 1.54) is 0 Å². The van der Waals surface area contributed by atoms with Gasteiger partial charge in [-0.15, -0.1) is 12.4 Å². The lowest BCUT2D eigenvalue weighted by atomic mass is 9.95. The van der Waals surface area contributed by atoms with Gasteiger partial charge in [0.05, 0.1) is 6.61 Å². The first-order valence-corrected chi connectivity index (χ1v) is 8.09. The van der Waals surface area contributed by atoms with Gasteiger partial charge in [-0.05, 0) is 36.4 Å². The van der Waals surface area contributed by atoms with Gasteiger partial charge in [-0.3, -0.25) is 4.79 Å². The van der Waals surface area contributed by atoms with Crippen LogP contribution in [0.5, 0.6) is 0 Å². The number of hydrogen-bond donors (Lipinski definition) is 2. The van der Waals surface area contributed by atoms with E-state index in [1.807, 2.05) is 0 Å². The smallest absolute Gasteiger partial charge is 0.367 e. The van der Waals surface area contributed by atoms with E-state index in [0.29, 0.717) is 18.7 Å². The molecule has 0 aromatic heterocycles. The van der Waals surface area contributed by atoms with Crippen molar-refractivity contribution in [2.24, 2.45) is 17.6 Å². The summed E-state index contributed by atoms with van der Waals surface area (Å²) in [6.45, 7) is -0.415. The van der Waals surface area contributed by atoms with Gasteiger partial charge < -0.3 is 15.8 Å². The molecule has 0 spiro atoms.